The molecule has 1 aliphatic carbocycles. The highest BCUT2D eigenvalue weighted by Gasteiger charge is 2.33. The standard InChI is InChI=1S/C14H16BrNO3/c1-9-2-3-10(8-12(9)15)14(19)16(11-4-5-11)7-6-13(17)18/h2-3,8,11H,4-7H2,1H3,(H,17,18). The Hall–Kier alpha value is -1.36. The van der Waals surface area contributed by atoms with Gasteiger partial charge in [-0.05, 0) is 37.5 Å². The molecule has 19 heavy (non-hydrogen) atoms. The Morgan fingerprint density at radius 1 is 1.42 bits per heavy atom. The zero-order valence-corrected chi connectivity index (χ0v) is 12.3. The summed E-state index contributed by atoms with van der Waals surface area (Å²) in [6, 6.07) is 5.69. The number of nitrogens with zero attached hydrogens (tertiary/aromatic N) is 1. The molecule has 0 bridgehead atoms. The van der Waals surface area contributed by atoms with Crippen LogP contribution in [0.15, 0.2) is 22.7 Å². The van der Waals surface area contributed by atoms with Gasteiger partial charge in [-0.15, -0.1) is 0 Å². The molecule has 1 aromatic rings. The van der Waals surface area contributed by atoms with E-state index in [-0.39, 0.29) is 24.9 Å². The molecule has 1 saturated carbocycles. The molecular formula is C14H16BrNO3. The van der Waals surface area contributed by atoms with Gasteiger partial charge in [0.2, 0.25) is 0 Å². The number of benzene rings is 1. The third-order valence-electron chi connectivity index (χ3n) is 3.23. The molecule has 1 N–H and O–H groups in total. The normalized spacial score (nSPS) is 14.2. The van der Waals surface area contributed by atoms with Gasteiger partial charge in [0, 0.05) is 22.6 Å². The molecule has 0 spiro atoms. The molecule has 0 radical (unpaired) electrons. The first-order valence-corrected chi connectivity index (χ1v) is 7.07. The quantitative estimate of drug-likeness (QED) is 0.905. The summed E-state index contributed by atoms with van der Waals surface area (Å²) >= 11 is 3.41. The van der Waals surface area contributed by atoms with E-state index in [9.17, 15) is 9.59 Å². The van der Waals surface area contributed by atoms with Crippen LogP contribution in [0.3, 0.4) is 0 Å². The molecule has 4 nitrogen and oxygen atoms in total. The molecule has 0 unspecified atom stereocenters. The fourth-order valence-corrected chi connectivity index (χ4v) is 2.32. The Bertz CT molecular complexity index is 511. The van der Waals surface area contributed by atoms with Crippen LogP contribution < -0.4 is 0 Å². The molecule has 102 valence electrons. The van der Waals surface area contributed by atoms with Crippen molar-refractivity contribution in [2.75, 3.05) is 6.54 Å². The van der Waals surface area contributed by atoms with Gasteiger partial charge in [0.05, 0.1) is 6.42 Å². The molecule has 0 heterocycles. The van der Waals surface area contributed by atoms with Gasteiger partial charge in [0.1, 0.15) is 0 Å². The van der Waals surface area contributed by atoms with Crippen molar-refractivity contribution in [1.82, 2.24) is 4.90 Å². The molecule has 0 saturated heterocycles. The predicted octanol–water partition coefficient (Wildman–Crippen LogP) is 2.84. The van der Waals surface area contributed by atoms with Crippen LogP contribution in [0.5, 0.6) is 0 Å². The summed E-state index contributed by atoms with van der Waals surface area (Å²) in [5, 5.41) is 8.75. The molecule has 0 atom stereocenters. The van der Waals surface area contributed by atoms with Crippen molar-refractivity contribution in [2.45, 2.75) is 32.2 Å². The minimum absolute atomic E-state index is 0.00469. The Kier molecular flexibility index (Phi) is 4.24. The molecule has 0 aliphatic heterocycles. The average molecular weight is 326 g/mol. The third kappa shape index (κ3) is 3.56. The van der Waals surface area contributed by atoms with Gasteiger partial charge in [0.25, 0.3) is 5.91 Å². The second-order valence-electron chi connectivity index (χ2n) is 4.84. The van der Waals surface area contributed by atoms with Crippen LogP contribution in [-0.4, -0.2) is 34.5 Å². The Balaban J connectivity index is 2.14. The predicted molar refractivity (Wildman–Crippen MR) is 75.2 cm³/mol. The van der Waals surface area contributed by atoms with E-state index in [0.717, 1.165) is 22.9 Å². The average Bonchev–Trinajstić information content (AvgIpc) is 3.16. The highest BCUT2D eigenvalue weighted by atomic mass is 79.9. The van der Waals surface area contributed by atoms with Crippen molar-refractivity contribution in [2.24, 2.45) is 0 Å². The number of halogens is 1. The fourth-order valence-electron chi connectivity index (χ4n) is 1.94. The molecule has 0 aromatic heterocycles. The minimum atomic E-state index is -0.872. The minimum Gasteiger partial charge on any atom is -0.481 e. The summed E-state index contributed by atoms with van der Waals surface area (Å²) in [5.41, 5.74) is 1.68. The monoisotopic (exact) mass is 325 g/mol. The lowest BCUT2D eigenvalue weighted by atomic mass is 10.1. The first-order chi connectivity index (χ1) is 8.99. The molecule has 1 fully saturated rings. The van der Waals surface area contributed by atoms with Gasteiger partial charge in [0.15, 0.2) is 0 Å². The number of rotatable bonds is 5. The highest BCUT2D eigenvalue weighted by Crippen LogP contribution is 2.29. The van der Waals surface area contributed by atoms with E-state index in [1.165, 1.54) is 0 Å². The Labute approximate surface area is 120 Å². The maximum absolute atomic E-state index is 12.4. The van der Waals surface area contributed by atoms with Crippen molar-refractivity contribution in [3.63, 3.8) is 0 Å². The molecule has 1 aliphatic rings. The maximum Gasteiger partial charge on any atom is 0.305 e. The van der Waals surface area contributed by atoms with E-state index < -0.39 is 5.97 Å². The van der Waals surface area contributed by atoms with Crippen LogP contribution in [0.25, 0.3) is 0 Å². The van der Waals surface area contributed by atoms with Crippen molar-refractivity contribution in [3.05, 3.63) is 33.8 Å². The van der Waals surface area contributed by atoms with Crippen LogP contribution in [0.1, 0.15) is 35.2 Å². The zero-order chi connectivity index (χ0) is 14.0. The van der Waals surface area contributed by atoms with Crippen LogP contribution in [0, 0.1) is 6.92 Å². The van der Waals surface area contributed by atoms with E-state index in [4.69, 9.17) is 5.11 Å². The van der Waals surface area contributed by atoms with Crippen molar-refractivity contribution < 1.29 is 14.7 Å². The van der Waals surface area contributed by atoms with Gasteiger partial charge in [-0.2, -0.15) is 0 Å². The second-order valence-corrected chi connectivity index (χ2v) is 5.69. The van der Waals surface area contributed by atoms with E-state index in [2.05, 4.69) is 15.9 Å². The summed E-state index contributed by atoms with van der Waals surface area (Å²) in [4.78, 5) is 24.8. The Morgan fingerprint density at radius 3 is 2.63 bits per heavy atom. The van der Waals surface area contributed by atoms with Crippen LogP contribution in [0.4, 0.5) is 0 Å². The number of carbonyl (C=O) groups is 2. The van der Waals surface area contributed by atoms with Gasteiger partial charge < -0.3 is 10.0 Å². The molecular weight excluding hydrogens is 310 g/mol. The molecule has 1 amide bonds. The summed E-state index contributed by atoms with van der Waals surface area (Å²) < 4.78 is 0.896. The molecule has 1 aromatic carbocycles. The lowest BCUT2D eigenvalue weighted by molar-refractivity contribution is -0.137. The number of carbonyl (C=O) groups excluding carboxylic acids is 1. The number of carboxylic acids is 1. The first-order valence-electron chi connectivity index (χ1n) is 6.28. The summed E-state index contributed by atoms with van der Waals surface area (Å²) in [6.45, 7) is 2.24. The van der Waals surface area contributed by atoms with E-state index >= 15 is 0 Å². The zero-order valence-electron chi connectivity index (χ0n) is 10.7. The third-order valence-corrected chi connectivity index (χ3v) is 4.09. The topological polar surface area (TPSA) is 57.6 Å². The van der Waals surface area contributed by atoms with E-state index in [1.54, 1.807) is 17.0 Å². The second kappa shape index (κ2) is 5.74. The lowest BCUT2D eigenvalue weighted by Gasteiger charge is -2.22. The maximum atomic E-state index is 12.4. The fraction of sp³-hybridized carbons (Fsp3) is 0.429. The smallest absolute Gasteiger partial charge is 0.305 e. The summed E-state index contributed by atoms with van der Waals surface area (Å²) in [7, 11) is 0. The van der Waals surface area contributed by atoms with Gasteiger partial charge in [-0.25, -0.2) is 0 Å². The SMILES string of the molecule is Cc1ccc(C(=O)N(CCC(=O)O)C2CC2)cc1Br. The number of hydrogen-bond donors (Lipinski definition) is 1. The number of aryl methyl sites for hydroxylation is 1. The highest BCUT2D eigenvalue weighted by molar-refractivity contribution is 9.10. The first kappa shape index (κ1) is 14.1. The van der Waals surface area contributed by atoms with Gasteiger partial charge in [-0.1, -0.05) is 22.0 Å². The van der Waals surface area contributed by atoms with Crippen LogP contribution in [0.2, 0.25) is 0 Å². The lowest BCUT2D eigenvalue weighted by Crippen LogP contribution is -2.35. The van der Waals surface area contributed by atoms with Gasteiger partial charge in [-0.3, -0.25) is 9.59 Å². The number of hydrogen-bond acceptors (Lipinski definition) is 2. The molecule has 2 rings (SSSR count). The van der Waals surface area contributed by atoms with Crippen molar-refractivity contribution in [1.29, 1.82) is 0 Å². The van der Waals surface area contributed by atoms with E-state index in [1.807, 2.05) is 13.0 Å². The largest absolute Gasteiger partial charge is 0.481 e. The van der Waals surface area contributed by atoms with Crippen LogP contribution >= 0.6 is 15.9 Å². The van der Waals surface area contributed by atoms with Gasteiger partial charge >= 0.3 is 5.97 Å². The number of amides is 1. The van der Waals surface area contributed by atoms with E-state index in [0.29, 0.717) is 5.56 Å². The van der Waals surface area contributed by atoms with Crippen molar-refractivity contribution in [3.8, 4) is 0 Å². The summed E-state index contributed by atoms with van der Waals surface area (Å²) in [6.07, 6.45) is 1.94. The Morgan fingerprint density at radius 2 is 2.11 bits per heavy atom. The summed E-state index contributed by atoms with van der Waals surface area (Å²) in [5.74, 6) is -0.951. The van der Waals surface area contributed by atoms with Crippen LogP contribution in [-0.2, 0) is 4.79 Å². The number of carboxylic acid groups (broad SMARTS) is 1. The molecule has 5 heteroatoms. The van der Waals surface area contributed by atoms with Crippen molar-refractivity contribution >= 4 is 27.8 Å². The number of aliphatic carboxylic acids is 1.